The van der Waals surface area contributed by atoms with Crippen molar-refractivity contribution in [3.05, 3.63) is 121 Å². The Bertz CT molecular complexity index is 1730. The molecule has 0 fully saturated rings. The zero-order valence-electron chi connectivity index (χ0n) is 25.4. The Labute approximate surface area is 264 Å². The average molecular weight is 598 g/mol. The highest BCUT2D eigenvalue weighted by Gasteiger charge is 2.15. The molecular formula is C40H39NO2S. The number of rotatable bonds is 13. The summed E-state index contributed by atoms with van der Waals surface area (Å²) >= 11 is 1.44. The fraction of sp³-hybridized carbons (Fsp3) is 0.225. The highest BCUT2D eigenvalue weighted by atomic mass is 32.2. The molecule has 0 amide bonds. The predicted molar refractivity (Wildman–Crippen MR) is 188 cm³/mol. The van der Waals surface area contributed by atoms with Gasteiger partial charge in [0.25, 0.3) is 0 Å². The maximum Gasteiger partial charge on any atom is 0.185 e. The van der Waals surface area contributed by atoms with Crippen LogP contribution in [0.5, 0.6) is 5.75 Å². The van der Waals surface area contributed by atoms with Crippen molar-refractivity contribution in [3.8, 4) is 33.7 Å². The van der Waals surface area contributed by atoms with Gasteiger partial charge in [0.1, 0.15) is 5.75 Å². The highest BCUT2D eigenvalue weighted by Crippen LogP contribution is 2.37. The van der Waals surface area contributed by atoms with Crippen LogP contribution >= 0.6 is 11.8 Å². The Hall–Kier alpha value is -4.28. The summed E-state index contributed by atoms with van der Waals surface area (Å²) in [6.07, 6.45) is 7.01. The number of hydrogen-bond donors (Lipinski definition) is 0. The van der Waals surface area contributed by atoms with Crippen LogP contribution < -0.4 is 4.74 Å². The van der Waals surface area contributed by atoms with Gasteiger partial charge in [-0.05, 0) is 83.6 Å². The SMILES string of the molecule is CC(=O)SCCCCCCCCOc1ccc(-n2c3ccc(-c4ccccc4)cc3c3cc(-c4ccccc4)ccc32)cc1. The summed E-state index contributed by atoms with van der Waals surface area (Å²) in [4.78, 5) is 11.0. The highest BCUT2D eigenvalue weighted by molar-refractivity contribution is 8.13. The van der Waals surface area contributed by atoms with Gasteiger partial charge in [0.05, 0.1) is 17.6 Å². The molecule has 1 heterocycles. The van der Waals surface area contributed by atoms with Crippen molar-refractivity contribution in [1.82, 2.24) is 4.57 Å². The van der Waals surface area contributed by atoms with Gasteiger partial charge in [-0.25, -0.2) is 0 Å². The zero-order chi connectivity index (χ0) is 30.1. The molecule has 0 bridgehead atoms. The second-order valence-corrected chi connectivity index (χ2v) is 12.6. The van der Waals surface area contributed by atoms with E-state index in [4.69, 9.17) is 4.74 Å². The lowest BCUT2D eigenvalue weighted by Gasteiger charge is -2.11. The molecule has 6 aromatic rings. The first-order chi connectivity index (χ1) is 21.7. The van der Waals surface area contributed by atoms with Gasteiger partial charge in [0, 0.05) is 29.1 Å². The minimum absolute atomic E-state index is 0.222. The molecule has 0 N–H and O–H groups in total. The molecular weight excluding hydrogens is 559 g/mol. The first-order valence-electron chi connectivity index (χ1n) is 15.7. The summed E-state index contributed by atoms with van der Waals surface area (Å²) in [6, 6.07) is 43.4. The molecule has 5 aromatic carbocycles. The fourth-order valence-electron chi connectivity index (χ4n) is 5.93. The maximum absolute atomic E-state index is 11.0. The summed E-state index contributed by atoms with van der Waals surface area (Å²) in [5.41, 5.74) is 8.40. The number of thioether (sulfide) groups is 1. The third-order valence-corrected chi connectivity index (χ3v) is 9.09. The van der Waals surface area contributed by atoms with Gasteiger partial charge in [0.2, 0.25) is 0 Å². The van der Waals surface area contributed by atoms with Crippen molar-refractivity contribution in [1.29, 1.82) is 0 Å². The van der Waals surface area contributed by atoms with Crippen molar-refractivity contribution < 1.29 is 9.53 Å². The molecule has 44 heavy (non-hydrogen) atoms. The Balaban J connectivity index is 1.20. The van der Waals surface area contributed by atoms with Crippen molar-refractivity contribution in [2.24, 2.45) is 0 Å². The van der Waals surface area contributed by atoms with E-state index in [2.05, 4.69) is 126 Å². The van der Waals surface area contributed by atoms with Gasteiger partial charge < -0.3 is 9.30 Å². The van der Waals surface area contributed by atoms with Crippen molar-refractivity contribution in [2.75, 3.05) is 12.4 Å². The monoisotopic (exact) mass is 597 g/mol. The minimum Gasteiger partial charge on any atom is -0.494 e. The summed E-state index contributed by atoms with van der Waals surface area (Å²) < 4.78 is 8.47. The van der Waals surface area contributed by atoms with E-state index in [9.17, 15) is 4.79 Å². The number of nitrogens with zero attached hydrogens (tertiary/aromatic N) is 1. The molecule has 4 heteroatoms. The van der Waals surface area contributed by atoms with Crippen LogP contribution in [-0.2, 0) is 4.79 Å². The molecule has 3 nitrogen and oxygen atoms in total. The molecule has 0 saturated heterocycles. The van der Waals surface area contributed by atoms with Gasteiger partial charge in [-0.3, -0.25) is 4.79 Å². The van der Waals surface area contributed by atoms with Crippen LogP contribution in [0.2, 0.25) is 0 Å². The minimum atomic E-state index is 0.222. The maximum atomic E-state index is 11.0. The number of hydrogen-bond acceptors (Lipinski definition) is 3. The Morgan fingerprint density at radius 1 is 0.591 bits per heavy atom. The molecule has 1 aromatic heterocycles. The van der Waals surface area contributed by atoms with E-state index in [1.807, 2.05) is 0 Å². The van der Waals surface area contributed by atoms with E-state index in [0.29, 0.717) is 0 Å². The lowest BCUT2D eigenvalue weighted by Crippen LogP contribution is -1.98. The number of aromatic nitrogens is 1. The molecule has 0 saturated carbocycles. The fourth-order valence-corrected chi connectivity index (χ4v) is 6.57. The summed E-state index contributed by atoms with van der Waals surface area (Å²) in [5, 5.41) is 2.72. The van der Waals surface area contributed by atoms with E-state index < -0.39 is 0 Å². The predicted octanol–water partition coefficient (Wildman–Crippen LogP) is 11.1. The van der Waals surface area contributed by atoms with Gasteiger partial charge in [-0.2, -0.15) is 0 Å². The van der Waals surface area contributed by atoms with Crippen LogP contribution in [-0.4, -0.2) is 22.0 Å². The summed E-state index contributed by atoms with van der Waals surface area (Å²) in [5.74, 6) is 1.86. The quantitative estimate of drug-likeness (QED) is 0.124. The molecule has 222 valence electrons. The average Bonchev–Trinajstić information content (AvgIpc) is 3.39. The molecule has 0 aliphatic heterocycles. The van der Waals surface area contributed by atoms with Gasteiger partial charge in [0.15, 0.2) is 5.12 Å². The number of ether oxygens (including phenoxy) is 1. The topological polar surface area (TPSA) is 31.2 Å². The van der Waals surface area contributed by atoms with Gasteiger partial charge in [-0.15, -0.1) is 0 Å². The Kier molecular flexibility index (Phi) is 9.79. The van der Waals surface area contributed by atoms with Crippen molar-refractivity contribution in [2.45, 2.75) is 45.4 Å². The van der Waals surface area contributed by atoms with Gasteiger partial charge >= 0.3 is 0 Å². The van der Waals surface area contributed by atoms with Crippen molar-refractivity contribution in [3.63, 3.8) is 0 Å². The standard InChI is InChI=1S/C40H39NO2S/c1-30(42)44-27-13-5-3-2-4-12-26-43-36-22-20-35(21-23-36)41-39-24-18-33(31-14-8-6-9-15-31)28-37(39)38-29-34(19-25-40(38)41)32-16-10-7-11-17-32/h6-11,14-25,28-29H,2-5,12-13,26-27H2,1H3. The van der Waals surface area contributed by atoms with E-state index in [1.54, 1.807) is 6.92 Å². The number of fused-ring (bicyclic) bond motifs is 3. The number of carbonyl (C=O) groups excluding carboxylic acids is 1. The largest absolute Gasteiger partial charge is 0.494 e. The molecule has 0 radical (unpaired) electrons. The van der Waals surface area contributed by atoms with Crippen LogP contribution in [0.4, 0.5) is 0 Å². The molecule has 0 unspecified atom stereocenters. The first-order valence-corrected chi connectivity index (χ1v) is 16.7. The van der Waals surface area contributed by atoms with Crippen LogP contribution in [0.3, 0.4) is 0 Å². The summed E-state index contributed by atoms with van der Waals surface area (Å²) in [6.45, 7) is 2.38. The summed E-state index contributed by atoms with van der Waals surface area (Å²) in [7, 11) is 0. The third kappa shape index (κ3) is 7.09. The van der Waals surface area contributed by atoms with Crippen molar-refractivity contribution >= 4 is 38.7 Å². The van der Waals surface area contributed by atoms with E-state index in [0.717, 1.165) is 36.6 Å². The molecule has 0 aliphatic carbocycles. The molecule has 6 rings (SSSR count). The molecule has 0 aliphatic rings. The smallest absolute Gasteiger partial charge is 0.185 e. The Morgan fingerprint density at radius 3 is 1.66 bits per heavy atom. The van der Waals surface area contributed by atoms with Crippen LogP contribution in [0.25, 0.3) is 49.7 Å². The Morgan fingerprint density at radius 2 is 1.11 bits per heavy atom. The second-order valence-electron chi connectivity index (χ2n) is 11.3. The van der Waals surface area contributed by atoms with Gasteiger partial charge in [-0.1, -0.05) is 110 Å². The van der Waals surface area contributed by atoms with E-state index in [1.165, 1.54) is 81.5 Å². The lowest BCUT2D eigenvalue weighted by atomic mass is 10.0. The normalized spacial score (nSPS) is 11.3. The molecule has 0 atom stereocenters. The number of benzene rings is 5. The van der Waals surface area contributed by atoms with E-state index >= 15 is 0 Å². The second kappa shape index (κ2) is 14.5. The molecule has 0 spiro atoms. The number of unbranched alkanes of at least 4 members (excludes halogenated alkanes) is 5. The van der Waals surface area contributed by atoms with Crippen LogP contribution in [0, 0.1) is 0 Å². The van der Waals surface area contributed by atoms with E-state index in [-0.39, 0.29) is 5.12 Å². The third-order valence-electron chi connectivity index (χ3n) is 8.19. The lowest BCUT2D eigenvalue weighted by molar-refractivity contribution is -0.109. The van der Waals surface area contributed by atoms with Crippen LogP contribution in [0.1, 0.15) is 45.4 Å². The first kappa shape index (κ1) is 29.8. The number of carbonyl (C=O) groups is 1. The zero-order valence-corrected chi connectivity index (χ0v) is 26.2. The van der Waals surface area contributed by atoms with Crippen LogP contribution in [0.15, 0.2) is 121 Å².